The van der Waals surface area contributed by atoms with Crippen LogP contribution in [-0.2, 0) is 17.6 Å². The van der Waals surface area contributed by atoms with Crippen LogP contribution in [0.25, 0.3) is 0 Å². The minimum absolute atomic E-state index is 0.165. The Bertz CT molecular complexity index is 809. The van der Waals surface area contributed by atoms with Crippen LogP contribution in [0.1, 0.15) is 37.3 Å². The third-order valence-electron chi connectivity index (χ3n) is 5.96. The number of carbonyl (C=O) groups is 1. The summed E-state index contributed by atoms with van der Waals surface area (Å²) in [4.78, 5) is 17.1. The molecule has 0 N–H and O–H groups in total. The summed E-state index contributed by atoms with van der Waals surface area (Å²) in [5.41, 5.74) is 2.02. The van der Waals surface area contributed by atoms with E-state index in [4.69, 9.17) is 0 Å². The molecule has 2 aromatic carbocycles. The Hall–Kier alpha value is -2.27. The Kier molecular flexibility index (Phi) is 8.38. The molecule has 1 fully saturated rings. The number of piperidine rings is 1. The molecule has 1 aliphatic heterocycles. The standard InChI is InChI=1S/C25H32F2N2O/c1-2-29(25(30)13-10-20-8-11-23(26)12-9-20)19-22-6-4-15-28(18-22)16-14-21-5-3-7-24(27)17-21/h3,5,7-9,11-12,17,22H,2,4,6,10,13-16,18-19H2,1H3. The number of aryl methyl sites for hydroxylation is 1. The molecule has 5 heteroatoms. The smallest absolute Gasteiger partial charge is 0.222 e. The van der Waals surface area contributed by atoms with Gasteiger partial charge < -0.3 is 9.80 Å². The largest absolute Gasteiger partial charge is 0.343 e. The maximum absolute atomic E-state index is 13.4. The van der Waals surface area contributed by atoms with Crippen LogP contribution >= 0.6 is 0 Å². The minimum Gasteiger partial charge on any atom is -0.343 e. The zero-order valence-corrected chi connectivity index (χ0v) is 17.8. The van der Waals surface area contributed by atoms with Crippen LogP contribution in [0.4, 0.5) is 8.78 Å². The molecule has 1 atom stereocenters. The molecular formula is C25H32F2N2O. The molecule has 1 unspecified atom stereocenters. The summed E-state index contributed by atoms with van der Waals surface area (Å²) in [6.45, 7) is 6.50. The van der Waals surface area contributed by atoms with Gasteiger partial charge in [-0.3, -0.25) is 4.79 Å². The van der Waals surface area contributed by atoms with Crippen LogP contribution in [-0.4, -0.2) is 48.4 Å². The number of hydrogen-bond acceptors (Lipinski definition) is 2. The fourth-order valence-corrected chi connectivity index (χ4v) is 4.26. The molecule has 0 aromatic heterocycles. The van der Waals surface area contributed by atoms with Crippen molar-refractivity contribution in [3.8, 4) is 0 Å². The Labute approximate surface area is 178 Å². The van der Waals surface area contributed by atoms with Crippen LogP contribution in [0.2, 0.25) is 0 Å². The predicted molar refractivity (Wildman–Crippen MR) is 116 cm³/mol. The predicted octanol–water partition coefficient (Wildman–Crippen LogP) is 4.70. The van der Waals surface area contributed by atoms with E-state index in [1.807, 2.05) is 17.9 Å². The van der Waals surface area contributed by atoms with Crippen molar-refractivity contribution in [1.82, 2.24) is 9.80 Å². The van der Waals surface area contributed by atoms with E-state index in [-0.39, 0.29) is 17.5 Å². The van der Waals surface area contributed by atoms with Crippen LogP contribution in [0.5, 0.6) is 0 Å². The highest BCUT2D eigenvalue weighted by molar-refractivity contribution is 5.76. The molecule has 0 bridgehead atoms. The lowest BCUT2D eigenvalue weighted by Gasteiger charge is -2.35. The second-order valence-electron chi connectivity index (χ2n) is 8.25. The van der Waals surface area contributed by atoms with Gasteiger partial charge in [0.1, 0.15) is 11.6 Å². The second kappa shape index (κ2) is 11.2. The number of nitrogens with zero attached hydrogens (tertiary/aromatic N) is 2. The molecule has 3 nitrogen and oxygen atoms in total. The average molecular weight is 415 g/mol. The van der Waals surface area contributed by atoms with Gasteiger partial charge in [-0.1, -0.05) is 24.3 Å². The lowest BCUT2D eigenvalue weighted by atomic mass is 9.96. The van der Waals surface area contributed by atoms with Gasteiger partial charge >= 0.3 is 0 Å². The Morgan fingerprint density at radius 3 is 2.60 bits per heavy atom. The summed E-state index contributed by atoms with van der Waals surface area (Å²) in [6, 6.07) is 13.2. The summed E-state index contributed by atoms with van der Waals surface area (Å²) in [5.74, 6) is 0.209. The first kappa shape index (κ1) is 22.4. The van der Waals surface area contributed by atoms with E-state index in [9.17, 15) is 13.6 Å². The molecule has 1 amide bonds. The first-order chi connectivity index (χ1) is 14.5. The summed E-state index contributed by atoms with van der Waals surface area (Å²) in [5, 5.41) is 0. The quantitative estimate of drug-likeness (QED) is 0.594. The van der Waals surface area contributed by atoms with Crippen LogP contribution in [0.15, 0.2) is 48.5 Å². The number of halogens is 2. The normalized spacial score (nSPS) is 17.1. The number of amides is 1. The van der Waals surface area contributed by atoms with Crippen LogP contribution in [0.3, 0.4) is 0 Å². The molecule has 162 valence electrons. The van der Waals surface area contributed by atoms with E-state index >= 15 is 0 Å². The van der Waals surface area contributed by atoms with Crippen molar-refractivity contribution in [2.75, 3.05) is 32.7 Å². The molecule has 1 aliphatic rings. The fourth-order valence-electron chi connectivity index (χ4n) is 4.26. The molecule has 30 heavy (non-hydrogen) atoms. The van der Waals surface area contributed by atoms with Gasteiger partial charge in [-0.25, -0.2) is 8.78 Å². The van der Waals surface area contributed by atoms with E-state index in [0.717, 1.165) is 56.6 Å². The number of carbonyl (C=O) groups excluding carboxylic acids is 1. The number of hydrogen-bond donors (Lipinski definition) is 0. The van der Waals surface area contributed by atoms with E-state index in [1.165, 1.54) is 18.2 Å². The van der Waals surface area contributed by atoms with Gasteiger partial charge in [-0.2, -0.15) is 0 Å². The van der Waals surface area contributed by atoms with Crippen molar-refractivity contribution in [2.45, 2.75) is 39.0 Å². The van der Waals surface area contributed by atoms with Gasteiger partial charge in [-0.05, 0) is 80.5 Å². The maximum atomic E-state index is 13.4. The molecule has 1 saturated heterocycles. The van der Waals surface area contributed by atoms with Crippen molar-refractivity contribution in [3.05, 3.63) is 71.3 Å². The van der Waals surface area contributed by atoms with Crippen molar-refractivity contribution < 1.29 is 13.6 Å². The molecule has 1 heterocycles. The monoisotopic (exact) mass is 414 g/mol. The van der Waals surface area contributed by atoms with Gasteiger partial charge in [-0.15, -0.1) is 0 Å². The molecule has 0 spiro atoms. The van der Waals surface area contributed by atoms with Crippen LogP contribution in [0, 0.1) is 17.6 Å². The highest BCUT2D eigenvalue weighted by Gasteiger charge is 2.23. The zero-order chi connectivity index (χ0) is 21.3. The van der Waals surface area contributed by atoms with Gasteiger partial charge in [0.05, 0.1) is 0 Å². The van der Waals surface area contributed by atoms with Crippen molar-refractivity contribution in [1.29, 1.82) is 0 Å². The van der Waals surface area contributed by atoms with E-state index < -0.39 is 0 Å². The Balaban J connectivity index is 1.45. The zero-order valence-electron chi connectivity index (χ0n) is 17.8. The van der Waals surface area contributed by atoms with E-state index in [2.05, 4.69) is 4.90 Å². The highest BCUT2D eigenvalue weighted by atomic mass is 19.1. The molecule has 0 saturated carbocycles. The minimum atomic E-state index is -0.250. The first-order valence-corrected chi connectivity index (χ1v) is 11.0. The highest BCUT2D eigenvalue weighted by Crippen LogP contribution is 2.19. The third-order valence-corrected chi connectivity index (χ3v) is 5.96. The number of likely N-dealkylation sites (tertiary alicyclic amines) is 1. The maximum Gasteiger partial charge on any atom is 0.222 e. The van der Waals surface area contributed by atoms with E-state index in [1.54, 1.807) is 24.3 Å². The lowest BCUT2D eigenvalue weighted by Crippen LogP contribution is -2.43. The first-order valence-electron chi connectivity index (χ1n) is 11.0. The van der Waals surface area contributed by atoms with Crippen molar-refractivity contribution in [2.24, 2.45) is 5.92 Å². The SMILES string of the molecule is CCN(CC1CCCN(CCc2cccc(F)c2)C1)C(=O)CCc1ccc(F)cc1. The third kappa shape index (κ3) is 6.91. The summed E-state index contributed by atoms with van der Waals surface area (Å²) in [6.07, 6.45) is 4.21. The summed E-state index contributed by atoms with van der Waals surface area (Å²) < 4.78 is 26.4. The molecule has 0 aliphatic carbocycles. The average Bonchev–Trinajstić information content (AvgIpc) is 2.76. The molecule has 0 radical (unpaired) electrons. The molecule has 3 rings (SSSR count). The van der Waals surface area contributed by atoms with Gasteiger partial charge in [0.25, 0.3) is 0 Å². The van der Waals surface area contributed by atoms with Crippen molar-refractivity contribution in [3.63, 3.8) is 0 Å². The summed E-state index contributed by atoms with van der Waals surface area (Å²) >= 11 is 0. The second-order valence-corrected chi connectivity index (χ2v) is 8.25. The lowest BCUT2D eigenvalue weighted by molar-refractivity contribution is -0.131. The van der Waals surface area contributed by atoms with Gasteiger partial charge in [0, 0.05) is 32.6 Å². The molecule has 2 aromatic rings. The van der Waals surface area contributed by atoms with Crippen LogP contribution < -0.4 is 0 Å². The van der Waals surface area contributed by atoms with Gasteiger partial charge in [0.2, 0.25) is 5.91 Å². The van der Waals surface area contributed by atoms with E-state index in [0.29, 0.717) is 25.3 Å². The topological polar surface area (TPSA) is 23.6 Å². The Morgan fingerprint density at radius 1 is 1.07 bits per heavy atom. The van der Waals surface area contributed by atoms with Gasteiger partial charge in [0.15, 0.2) is 0 Å². The fraction of sp³-hybridized carbons (Fsp3) is 0.480. The Morgan fingerprint density at radius 2 is 1.87 bits per heavy atom. The number of benzene rings is 2. The number of rotatable bonds is 9. The molecular weight excluding hydrogens is 382 g/mol. The van der Waals surface area contributed by atoms with Crippen molar-refractivity contribution >= 4 is 5.91 Å². The summed E-state index contributed by atoms with van der Waals surface area (Å²) in [7, 11) is 0.